The normalized spacial score (nSPS) is 17.6. The summed E-state index contributed by atoms with van der Waals surface area (Å²) in [6, 6.07) is 14.1. The summed E-state index contributed by atoms with van der Waals surface area (Å²) in [7, 11) is 0. The fourth-order valence-electron chi connectivity index (χ4n) is 3.05. The molecule has 0 radical (unpaired) electrons. The Morgan fingerprint density at radius 3 is 2.56 bits per heavy atom. The number of ether oxygens (including phenoxy) is 1. The van der Waals surface area contributed by atoms with Crippen molar-refractivity contribution in [3.63, 3.8) is 0 Å². The van der Waals surface area contributed by atoms with Gasteiger partial charge in [-0.05, 0) is 44.4 Å². The monoisotopic (exact) mass is 339 g/mol. The number of fused-ring (bicyclic) bond motifs is 1. The van der Waals surface area contributed by atoms with Gasteiger partial charge in [0.2, 0.25) is 0 Å². The number of carbonyl (C=O) groups excluding carboxylic acids is 1. The first-order valence-corrected chi connectivity index (χ1v) is 8.34. The van der Waals surface area contributed by atoms with Crippen LogP contribution < -0.4 is 9.64 Å². The van der Waals surface area contributed by atoms with E-state index in [1.807, 2.05) is 37.3 Å². The van der Waals surface area contributed by atoms with Crippen molar-refractivity contribution in [2.24, 2.45) is 0 Å². The number of anilines is 1. The fourth-order valence-corrected chi connectivity index (χ4v) is 3.05. The number of carbonyl (C=O) groups is 2. The molecule has 0 spiro atoms. The molecular formula is C20H21NO4. The van der Waals surface area contributed by atoms with Gasteiger partial charge in [0.1, 0.15) is 11.8 Å². The number of hydrogen-bond donors (Lipinski definition) is 1. The van der Waals surface area contributed by atoms with Gasteiger partial charge < -0.3 is 9.84 Å². The van der Waals surface area contributed by atoms with Gasteiger partial charge in [0.15, 0.2) is 6.10 Å². The Hall–Kier alpha value is -2.82. The van der Waals surface area contributed by atoms with Crippen LogP contribution in [0.3, 0.4) is 0 Å². The van der Waals surface area contributed by atoms with Gasteiger partial charge in [-0.15, -0.1) is 0 Å². The van der Waals surface area contributed by atoms with E-state index in [-0.39, 0.29) is 5.91 Å². The minimum absolute atomic E-state index is 0.324. The van der Waals surface area contributed by atoms with Gasteiger partial charge in [0, 0.05) is 0 Å². The smallest absolute Gasteiger partial charge is 0.326 e. The SMILES string of the molecule is Cc1ccc(CCC(C(=O)O)N2C(=O)C(C)Oc3ccccc32)cc1. The predicted molar refractivity (Wildman–Crippen MR) is 94.9 cm³/mol. The van der Waals surface area contributed by atoms with Gasteiger partial charge in [-0.2, -0.15) is 0 Å². The summed E-state index contributed by atoms with van der Waals surface area (Å²) in [4.78, 5) is 25.9. The molecule has 1 aliphatic heterocycles. The number of rotatable bonds is 5. The summed E-state index contributed by atoms with van der Waals surface area (Å²) in [6.07, 6.45) is 0.222. The highest BCUT2D eigenvalue weighted by Crippen LogP contribution is 2.35. The number of para-hydroxylation sites is 2. The van der Waals surface area contributed by atoms with Gasteiger partial charge in [0.25, 0.3) is 5.91 Å². The van der Waals surface area contributed by atoms with Gasteiger partial charge in [0.05, 0.1) is 5.69 Å². The van der Waals surface area contributed by atoms with E-state index in [9.17, 15) is 14.7 Å². The molecule has 130 valence electrons. The summed E-state index contributed by atoms with van der Waals surface area (Å²) in [5, 5.41) is 9.74. The number of benzene rings is 2. The van der Waals surface area contributed by atoms with E-state index < -0.39 is 18.1 Å². The first kappa shape index (κ1) is 17.0. The average molecular weight is 339 g/mol. The van der Waals surface area contributed by atoms with Crippen molar-refractivity contribution in [1.82, 2.24) is 0 Å². The van der Waals surface area contributed by atoms with E-state index in [1.54, 1.807) is 25.1 Å². The highest BCUT2D eigenvalue weighted by atomic mass is 16.5. The quantitative estimate of drug-likeness (QED) is 0.908. The van der Waals surface area contributed by atoms with Crippen LogP contribution in [0.5, 0.6) is 5.75 Å². The van der Waals surface area contributed by atoms with Crippen molar-refractivity contribution in [3.8, 4) is 5.75 Å². The van der Waals surface area contributed by atoms with E-state index in [0.29, 0.717) is 24.3 Å². The van der Waals surface area contributed by atoms with E-state index in [0.717, 1.165) is 11.1 Å². The second-order valence-corrected chi connectivity index (χ2v) is 6.31. The van der Waals surface area contributed by atoms with Gasteiger partial charge in [-0.3, -0.25) is 9.69 Å². The van der Waals surface area contributed by atoms with Crippen LogP contribution in [0.4, 0.5) is 5.69 Å². The molecule has 0 aromatic heterocycles. The summed E-state index contributed by atoms with van der Waals surface area (Å²) in [6.45, 7) is 3.65. The van der Waals surface area contributed by atoms with E-state index in [1.165, 1.54) is 4.90 Å². The number of carboxylic acid groups (broad SMARTS) is 1. The lowest BCUT2D eigenvalue weighted by molar-refractivity contribution is -0.141. The fraction of sp³-hybridized carbons (Fsp3) is 0.300. The highest BCUT2D eigenvalue weighted by Gasteiger charge is 2.38. The molecule has 0 aliphatic carbocycles. The summed E-state index contributed by atoms with van der Waals surface area (Å²) in [5.74, 6) is -0.796. The molecular weight excluding hydrogens is 318 g/mol. The predicted octanol–water partition coefficient (Wildman–Crippen LogP) is 3.19. The lowest BCUT2D eigenvalue weighted by atomic mass is 10.0. The molecule has 1 heterocycles. The number of carboxylic acids is 1. The van der Waals surface area contributed by atoms with Crippen molar-refractivity contribution in [1.29, 1.82) is 0 Å². The van der Waals surface area contributed by atoms with Crippen LogP contribution in [-0.4, -0.2) is 29.1 Å². The maximum absolute atomic E-state index is 12.6. The Morgan fingerprint density at radius 2 is 1.88 bits per heavy atom. The van der Waals surface area contributed by atoms with Crippen molar-refractivity contribution < 1.29 is 19.4 Å². The minimum Gasteiger partial charge on any atom is -0.480 e. The van der Waals surface area contributed by atoms with E-state index >= 15 is 0 Å². The molecule has 1 amide bonds. The number of aliphatic carboxylic acids is 1. The Labute approximate surface area is 146 Å². The maximum Gasteiger partial charge on any atom is 0.326 e. The number of aryl methyl sites for hydroxylation is 2. The van der Waals surface area contributed by atoms with Crippen LogP contribution in [0.15, 0.2) is 48.5 Å². The molecule has 2 unspecified atom stereocenters. The van der Waals surface area contributed by atoms with E-state index in [2.05, 4.69) is 0 Å². The average Bonchev–Trinajstić information content (AvgIpc) is 2.59. The molecule has 0 saturated heterocycles. The third-order valence-electron chi connectivity index (χ3n) is 4.44. The lowest BCUT2D eigenvalue weighted by Crippen LogP contribution is -2.52. The maximum atomic E-state index is 12.6. The number of amides is 1. The van der Waals surface area contributed by atoms with Crippen molar-refractivity contribution in [2.75, 3.05) is 4.90 Å². The number of nitrogens with zero attached hydrogens (tertiary/aromatic N) is 1. The molecule has 1 aliphatic rings. The molecule has 2 aromatic rings. The Morgan fingerprint density at radius 1 is 1.20 bits per heavy atom. The zero-order valence-electron chi connectivity index (χ0n) is 14.3. The molecule has 25 heavy (non-hydrogen) atoms. The van der Waals surface area contributed by atoms with Crippen molar-refractivity contribution >= 4 is 17.6 Å². The second kappa shape index (κ2) is 6.97. The largest absolute Gasteiger partial charge is 0.480 e. The molecule has 1 N–H and O–H groups in total. The van der Waals surface area contributed by atoms with Crippen LogP contribution in [0, 0.1) is 6.92 Å². The van der Waals surface area contributed by atoms with E-state index in [4.69, 9.17) is 4.74 Å². The summed E-state index contributed by atoms with van der Waals surface area (Å²) in [5.41, 5.74) is 2.73. The summed E-state index contributed by atoms with van der Waals surface area (Å²) < 4.78 is 5.60. The Balaban J connectivity index is 1.88. The highest BCUT2D eigenvalue weighted by molar-refractivity contribution is 6.04. The van der Waals surface area contributed by atoms with Gasteiger partial charge >= 0.3 is 5.97 Å². The van der Waals surface area contributed by atoms with Crippen molar-refractivity contribution in [3.05, 3.63) is 59.7 Å². The molecule has 2 aromatic carbocycles. The Bertz CT molecular complexity index is 785. The molecule has 2 atom stereocenters. The zero-order valence-corrected chi connectivity index (χ0v) is 14.3. The van der Waals surface area contributed by atoms with Crippen LogP contribution in [0.2, 0.25) is 0 Å². The van der Waals surface area contributed by atoms with Crippen LogP contribution in [-0.2, 0) is 16.0 Å². The summed E-state index contributed by atoms with van der Waals surface area (Å²) >= 11 is 0. The van der Waals surface area contributed by atoms with Crippen LogP contribution in [0.25, 0.3) is 0 Å². The molecule has 0 fully saturated rings. The number of hydrogen-bond acceptors (Lipinski definition) is 3. The van der Waals surface area contributed by atoms with Gasteiger partial charge in [-0.1, -0.05) is 42.0 Å². The van der Waals surface area contributed by atoms with Crippen LogP contribution in [0.1, 0.15) is 24.5 Å². The zero-order chi connectivity index (χ0) is 18.0. The first-order valence-electron chi connectivity index (χ1n) is 8.34. The molecule has 5 heteroatoms. The van der Waals surface area contributed by atoms with Crippen LogP contribution >= 0.6 is 0 Å². The molecule has 0 saturated carbocycles. The van der Waals surface area contributed by atoms with Crippen molar-refractivity contribution in [2.45, 2.75) is 38.8 Å². The first-order chi connectivity index (χ1) is 12.0. The van der Waals surface area contributed by atoms with Gasteiger partial charge in [-0.25, -0.2) is 4.79 Å². The minimum atomic E-state index is -1.01. The third kappa shape index (κ3) is 3.50. The standard InChI is InChI=1S/C20H21NO4/c1-13-7-9-15(10-8-13)11-12-17(20(23)24)21-16-5-3-4-6-18(16)25-14(2)19(21)22/h3-10,14,17H,11-12H2,1-2H3,(H,23,24). The molecule has 5 nitrogen and oxygen atoms in total. The lowest BCUT2D eigenvalue weighted by Gasteiger charge is -2.36. The third-order valence-corrected chi connectivity index (χ3v) is 4.44. The Kier molecular flexibility index (Phi) is 4.74. The topological polar surface area (TPSA) is 66.8 Å². The molecule has 0 bridgehead atoms. The molecule has 3 rings (SSSR count). The second-order valence-electron chi connectivity index (χ2n) is 6.31.